The summed E-state index contributed by atoms with van der Waals surface area (Å²) in [5.41, 5.74) is 9.88. The fraction of sp³-hybridized carbons (Fsp3) is 0.0426. The molecule has 0 fully saturated rings. The Labute approximate surface area is 304 Å². The summed E-state index contributed by atoms with van der Waals surface area (Å²) >= 11 is 1.86. The molecule has 0 radical (unpaired) electrons. The van der Waals surface area contributed by atoms with E-state index in [-0.39, 0.29) is 0 Å². The first-order valence-electron chi connectivity index (χ1n) is 17.6. The van der Waals surface area contributed by atoms with Crippen LogP contribution in [0.4, 0.5) is 0 Å². The van der Waals surface area contributed by atoms with Gasteiger partial charge in [0.05, 0.1) is 29.4 Å². The molecule has 0 saturated carbocycles. The minimum Gasteiger partial charge on any atom is -0.493 e. The molecular formula is C47H29N3OS. The molecule has 0 aliphatic carbocycles. The second kappa shape index (κ2) is 11.6. The van der Waals surface area contributed by atoms with Crippen molar-refractivity contribution in [3.63, 3.8) is 0 Å². The van der Waals surface area contributed by atoms with Crippen molar-refractivity contribution in [1.29, 1.82) is 0 Å². The summed E-state index contributed by atoms with van der Waals surface area (Å²) in [5, 5.41) is 7.85. The van der Waals surface area contributed by atoms with Crippen molar-refractivity contribution in [1.82, 2.24) is 15.0 Å². The minimum atomic E-state index is 0.527. The molecule has 1 aliphatic heterocycles. The van der Waals surface area contributed by atoms with Crippen LogP contribution < -0.4 is 4.74 Å². The Kier molecular flexibility index (Phi) is 6.51. The van der Waals surface area contributed by atoms with Crippen LogP contribution in [0.2, 0.25) is 0 Å². The highest BCUT2D eigenvalue weighted by atomic mass is 32.1. The lowest BCUT2D eigenvalue weighted by Gasteiger charge is -2.15. The first-order valence-corrected chi connectivity index (χ1v) is 18.4. The molecular weight excluding hydrogens is 655 g/mol. The molecule has 0 amide bonds. The van der Waals surface area contributed by atoms with Gasteiger partial charge in [-0.05, 0) is 63.0 Å². The smallest absolute Gasteiger partial charge is 0.160 e. The molecule has 0 spiro atoms. The van der Waals surface area contributed by atoms with E-state index in [2.05, 4.69) is 127 Å². The number of pyridine rings is 1. The molecule has 1 aliphatic rings. The molecule has 0 saturated heterocycles. The molecule has 5 heteroatoms. The standard InChI is InChI=1S/C47H29N3OS/c1-3-11-28(12-4-1)30-21-24-40-37(27-30)44-36(25-26-51-40)45(50-47(49-44)29-13-5-2-6-14-29)39-19-10-18-38(48-39)35-23-22-34-32-16-8-7-15-31(32)33-17-9-20-41-42(33)43(34)46(35)52-41/h1-24,27H,25-26H2. The zero-order valence-corrected chi connectivity index (χ0v) is 28.8. The highest BCUT2D eigenvalue weighted by Gasteiger charge is 2.25. The van der Waals surface area contributed by atoms with Gasteiger partial charge in [0.15, 0.2) is 5.82 Å². The molecule has 3 aromatic heterocycles. The Morgan fingerprint density at radius 1 is 0.481 bits per heavy atom. The number of nitrogens with zero attached hydrogens (tertiary/aromatic N) is 3. The Balaban J connectivity index is 1.13. The van der Waals surface area contributed by atoms with Gasteiger partial charge in [-0.25, -0.2) is 15.0 Å². The number of ether oxygens (including phenoxy) is 1. The first kappa shape index (κ1) is 29.3. The van der Waals surface area contributed by atoms with Crippen LogP contribution in [0.3, 0.4) is 0 Å². The second-order valence-electron chi connectivity index (χ2n) is 13.4. The van der Waals surface area contributed by atoms with Gasteiger partial charge in [0.1, 0.15) is 5.75 Å². The van der Waals surface area contributed by atoms with Gasteiger partial charge in [0.2, 0.25) is 0 Å². The highest BCUT2D eigenvalue weighted by Crippen LogP contribution is 2.48. The van der Waals surface area contributed by atoms with Gasteiger partial charge in [-0.15, -0.1) is 11.3 Å². The normalized spacial score (nSPS) is 12.6. The predicted octanol–water partition coefficient (Wildman–Crippen LogP) is 12.3. The van der Waals surface area contributed by atoms with Gasteiger partial charge in [-0.2, -0.15) is 0 Å². The Hall–Kier alpha value is -6.43. The number of fused-ring (bicyclic) bond motifs is 6. The van der Waals surface area contributed by atoms with Crippen LogP contribution in [0.5, 0.6) is 5.75 Å². The number of hydrogen-bond acceptors (Lipinski definition) is 5. The number of aromatic nitrogens is 3. The highest BCUT2D eigenvalue weighted by molar-refractivity contribution is 7.26. The molecule has 11 rings (SSSR count). The summed E-state index contributed by atoms with van der Waals surface area (Å²) in [6, 6.07) is 53.4. The topological polar surface area (TPSA) is 47.9 Å². The third-order valence-electron chi connectivity index (χ3n) is 10.4. The van der Waals surface area contributed by atoms with E-state index in [1.807, 2.05) is 35.6 Å². The minimum absolute atomic E-state index is 0.527. The largest absolute Gasteiger partial charge is 0.493 e. The zero-order valence-electron chi connectivity index (χ0n) is 28.0. The zero-order chi connectivity index (χ0) is 34.2. The van der Waals surface area contributed by atoms with Crippen LogP contribution in [0.1, 0.15) is 5.56 Å². The van der Waals surface area contributed by atoms with Crippen LogP contribution in [-0.4, -0.2) is 21.6 Å². The quantitative estimate of drug-likeness (QED) is 0.173. The predicted molar refractivity (Wildman–Crippen MR) is 215 cm³/mol. The summed E-state index contributed by atoms with van der Waals surface area (Å²) < 4.78 is 8.96. The first-order chi connectivity index (χ1) is 25.8. The van der Waals surface area contributed by atoms with Crippen molar-refractivity contribution in [2.45, 2.75) is 6.42 Å². The van der Waals surface area contributed by atoms with E-state index >= 15 is 0 Å². The molecule has 0 unspecified atom stereocenters. The van der Waals surface area contributed by atoms with Gasteiger partial charge in [0, 0.05) is 48.8 Å². The number of thiophene rings is 1. The van der Waals surface area contributed by atoms with Gasteiger partial charge in [-0.3, -0.25) is 0 Å². The maximum Gasteiger partial charge on any atom is 0.160 e. The van der Waals surface area contributed by atoms with Gasteiger partial charge in [-0.1, -0.05) is 121 Å². The summed E-state index contributed by atoms with van der Waals surface area (Å²) in [6.45, 7) is 0.527. The van der Waals surface area contributed by atoms with Crippen LogP contribution >= 0.6 is 11.3 Å². The van der Waals surface area contributed by atoms with Crippen molar-refractivity contribution in [2.75, 3.05) is 6.61 Å². The molecule has 0 N–H and O–H groups in total. The van der Waals surface area contributed by atoms with Crippen LogP contribution in [0, 0.1) is 0 Å². The Morgan fingerprint density at radius 3 is 2.00 bits per heavy atom. The average Bonchev–Trinajstić information content (AvgIpc) is 3.51. The summed E-state index contributed by atoms with van der Waals surface area (Å²) in [5.74, 6) is 1.50. The third-order valence-corrected chi connectivity index (χ3v) is 11.6. The lowest BCUT2D eigenvalue weighted by molar-refractivity contribution is 0.326. The summed E-state index contributed by atoms with van der Waals surface area (Å²) in [7, 11) is 0. The van der Waals surface area contributed by atoms with E-state index in [1.165, 1.54) is 41.7 Å². The van der Waals surface area contributed by atoms with Crippen molar-refractivity contribution in [3.05, 3.63) is 157 Å². The maximum absolute atomic E-state index is 6.39. The molecule has 0 bridgehead atoms. The van der Waals surface area contributed by atoms with E-state index < -0.39 is 0 Å². The van der Waals surface area contributed by atoms with E-state index in [9.17, 15) is 0 Å². The lowest BCUT2D eigenvalue weighted by atomic mass is 9.93. The summed E-state index contributed by atoms with van der Waals surface area (Å²) in [6.07, 6.45) is 0.665. The third kappa shape index (κ3) is 4.49. The number of rotatable bonds is 4. The fourth-order valence-corrected chi connectivity index (χ4v) is 9.30. The van der Waals surface area contributed by atoms with Crippen molar-refractivity contribution in [3.8, 4) is 62.2 Å². The van der Waals surface area contributed by atoms with E-state index in [0.717, 1.165) is 61.9 Å². The Bertz CT molecular complexity index is 2990. The van der Waals surface area contributed by atoms with Gasteiger partial charge in [0.25, 0.3) is 0 Å². The molecule has 4 nitrogen and oxygen atoms in total. The maximum atomic E-state index is 6.39. The average molecular weight is 684 g/mol. The van der Waals surface area contributed by atoms with Crippen molar-refractivity contribution >= 4 is 53.1 Å². The fourth-order valence-electron chi connectivity index (χ4n) is 8.03. The molecule has 7 aromatic carbocycles. The number of hydrogen-bond donors (Lipinski definition) is 0. The lowest BCUT2D eigenvalue weighted by Crippen LogP contribution is -2.05. The van der Waals surface area contributed by atoms with E-state index in [1.54, 1.807) is 0 Å². The Morgan fingerprint density at radius 2 is 1.17 bits per heavy atom. The van der Waals surface area contributed by atoms with Crippen molar-refractivity contribution < 1.29 is 4.74 Å². The molecule has 52 heavy (non-hydrogen) atoms. The SMILES string of the molecule is c1ccc(-c2ccc3c(c2)-c2nc(-c4ccccc4)nc(-c4cccc(-c5ccc6c7ccccc7c7cccc8sc5c6c87)n4)c2CCO3)cc1. The molecule has 4 heterocycles. The van der Waals surface area contributed by atoms with Crippen LogP contribution in [0.15, 0.2) is 152 Å². The van der Waals surface area contributed by atoms with E-state index in [4.69, 9.17) is 19.7 Å². The molecule has 10 aromatic rings. The van der Waals surface area contributed by atoms with Gasteiger partial charge >= 0.3 is 0 Å². The second-order valence-corrected chi connectivity index (χ2v) is 14.4. The van der Waals surface area contributed by atoms with Gasteiger partial charge < -0.3 is 4.74 Å². The van der Waals surface area contributed by atoms with Crippen LogP contribution in [-0.2, 0) is 6.42 Å². The summed E-state index contributed by atoms with van der Waals surface area (Å²) in [4.78, 5) is 16.0. The number of benzene rings is 7. The molecule has 244 valence electrons. The van der Waals surface area contributed by atoms with Crippen molar-refractivity contribution in [2.24, 2.45) is 0 Å². The van der Waals surface area contributed by atoms with Crippen LogP contribution in [0.25, 0.3) is 98.1 Å². The monoisotopic (exact) mass is 683 g/mol. The van der Waals surface area contributed by atoms with E-state index in [0.29, 0.717) is 18.9 Å². The molecule has 0 atom stereocenters.